The van der Waals surface area contributed by atoms with Gasteiger partial charge in [-0.05, 0) is 13.8 Å². The molecule has 1 unspecified atom stereocenters. The summed E-state index contributed by atoms with van der Waals surface area (Å²) in [6.45, 7) is 5.25. The van der Waals surface area contributed by atoms with Gasteiger partial charge in [-0.3, -0.25) is 4.79 Å². The van der Waals surface area contributed by atoms with Crippen molar-refractivity contribution in [2.45, 2.75) is 33.2 Å². The van der Waals surface area contributed by atoms with E-state index in [0.717, 1.165) is 0 Å². The predicted molar refractivity (Wildman–Crippen MR) is 64.3 cm³/mol. The molecule has 88 valence electrons. The molecule has 1 aromatic heterocycles. The SMILES string of the molecule is Cc1nc(C)c(C(=O)NC(C)CC(N)=S)o1. The van der Waals surface area contributed by atoms with Gasteiger partial charge in [-0.2, -0.15) is 0 Å². The van der Waals surface area contributed by atoms with Crippen LogP contribution < -0.4 is 11.1 Å². The summed E-state index contributed by atoms with van der Waals surface area (Å²) in [5.41, 5.74) is 5.97. The zero-order valence-electron chi connectivity index (χ0n) is 9.53. The molecule has 0 fully saturated rings. The molecule has 0 bridgehead atoms. The molecule has 5 nitrogen and oxygen atoms in total. The van der Waals surface area contributed by atoms with E-state index < -0.39 is 0 Å². The Balaban J connectivity index is 2.65. The first kappa shape index (κ1) is 12.6. The summed E-state index contributed by atoms with van der Waals surface area (Å²) in [6, 6.07) is -0.116. The summed E-state index contributed by atoms with van der Waals surface area (Å²) in [5.74, 6) is 0.429. The molecule has 16 heavy (non-hydrogen) atoms. The molecule has 0 spiro atoms. The topological polar surface area (TPSA) is 81.2 Å². The first-order chi connectivity index (χ1) is 7.40. The average Bonchev–Trinajstić information content (AvgIpc) is 2.43. The van der Waals surface area contributed by atoms with Crippen molar-refractivity contribution < 1.29 is 9.21 Å². The fraction of sp³-hybridized carbons (Fsp3) is 0.500. The normalized spacial score (nSPS) is 12.2. The summed E-state index contributed by atoms with van der Waals surface area (Å²) in [4.78, 5) is 16.1. The molecular formula is C10H15N3O2S. The lowest BCUT2D eigenvalue weighted by atomic mass is 10.2. The number of hydrogen-bond donors (Lipinski definition) is 2. The Bertz CT molecular complexity index is 414. The van der Waals surface area contributed by atoms with Crippen molar-refractivity contribution in [1.82, 2.24) is 10.3 Å². The number of aryl methyl sites for hydroxylation is 2. The van der Waals surface area contributed by atoms with E-state index in [-0.39, 0.29) is 17.7 Å². The van der Waals surface area contributed by atoms with Crippen LogP contribution in [0.3, 0.4) is 0 Å². The van der Waals surface area contributed by atoms with Gasteiger partial charge in [0, 0.05) is 19.4 Å². The number of hydrogen-bond acceptors (Lipinski definition) is 4. The Kier molecular flexibility index (Phi) is 4.00. The number of oxazole rings is 1. The molecule has 3 N–H and O–H groups in total. The number of carbonyl (C=O) groups excluding carboxylic acids is 1. The van der Waals surface area contributed by atoms with Crippen LogP contribution >= 0.6 is 12.2 Å². The minimum Gasteiger partial charge on any atom is -0.436 e. The number of nitrogens with two attached hydrogens (primary N) is 1. The lowest BCUT2D eigenvalue weighted by Crippen LogP contribution is -2.35. The molecule has 1 heterocycles. The second-order valence-electron chi connectivity index (χ2n) is 3.69. The fourth-order valence-corrected chi connectivity index (χ4v) is 1.63. The van der Waals surface area contributed by atoms with Crippen molar-refractivity contribution in [3.8, 4) is 0 Å². The minimum atomic E-state index is -0.290. The van der Waals surface area contributed by atoms with Gasteiger partial charge in [-0.25, -0.2) is 4.98 Å². The van der Waals surface area contributed by atoms with Gasteiger partial charge in [0.15, 0.2) is 5.89 Å². The van der Waals surface area contributed by atoms with E-state index in [1.807, 2.05) is 6.92 Å². The van der Waals surface area contributed by atoms with Gasteiger partial charge >= 0.3 is 0 Å². The number of nitrogens with zero attached hydrogens (tertiary/aromatic N) is 1. The first-order valence-corrected chi connectivity index (χ1v) is 5.34. The predicted octanol–water partition coefficient (Wildman–Crippen LogP) is 1.09. The Hall–Kier alpha value is -1.43. The molecule has 1 aromatic rings. The molecule has 0 saturated carbocycles. The van der Waals surface area contributed by atoms with Crippen molar-refractivity contribution in [3.05, 3.63) is 17.3 Å². The molecule has 0 aliphatic rings. The molecule has 0 saturated heterocycles. The average molecular weight is 241 g/mol. The van der Waals surface area contributed by atoms with Crippen LogP contribution in [0, 0.1) is 13.8 Å². The van der Waals surface area contributed by atoms with Gasteiger partial charge in [0.25, 0.3) is 5.91 Å². The van der Waals surface area contributed by atoms with Crippen LogP contribution in [-0.2, 0) is 0 Å². The summed E-state index contributed by atoms with van der Waals surface area (Å²) in [7, 11) is 0. The van der Waals surface area contributed by atoms with Gasteiger partial charge in [0.2, 0.25) is 5.76 Å². The van der Waals surface area contributed by atoms with E-state index in [4.69, 9.17) is 22.4 Å². The number of rotatable bonds is 4. The van der Waals surface area contributed by atoms with Gasteiger partial charge < -0.3 is 15.5 Å². The number of thiocarbonyl (C=S) groups is 1. The van der Waals surface area contributed by atoms with E-state index in [9.17, 15) is 4.79 Å². The number of amides is 1. The molecule has 0 aliphatic heterocycles. The Morgan fingerprint density at radius 3 is 2.69 bits per heavy atom. The molecule has 1 amide bonds. The molecule has 0 aromatic carbocycles. The summed E-state index contributed by atoms with van der Waals surface area (Å²) in [6.07, 6.45) is 0.466. The first-order valence-electron chi connectivity index (χ1n) is 4.93. The minimum absolute atomic E-state index is 0.116. The van der Waals surface area contributed by atoms with Crippen LogP contribution in [0.15, 0.2) is 4.42 Å². The van der Waals surface area contributed by atoms with Crippen LogP contribution in [0.5, 0.6) is 0 Å². The highest BCUT2D eigenvalue weighted by atomic mass is 32.1. The van der Waals surface area contributed by atoms with Gasteiger partial charge in [0.05, 0.1) is 10.7 Å². The number of nitrogens with one attached hydrogen (secondary N) is 1. The maximum absolute atomic E-state index is 11.7. The van der Waals surface area contributed by atoms with Crippen LogP contribution in [0.25, 0.3) is 0 Å². The van der Waals surface area contributed by atoms with Crippen LogP contribution in [-0.4, -0.2) is 21.9 Å². The smallest absolute Gasteiger partial charge is 0.289 e. The second-order valence-corrected chi connectivity index (χ2v) is 4.22. The maximum Gasteiger partial charge on any atom is 0.289 e. The molecule has 1 atom stereocenters. The Morgan fingerprint density at radius 1 is 1.62 bits per heavy atom. The summed E-state index contributed by atoms with van der Waals surface area (Å²) < 4.78 is 5.19. The van der Waals surface area contributed by atoms with Crippen molar-refractivity contribution in [2.75, 3.05) is 0 Å². The third-order valence-corrected chi connectivity index (χ3v) is 2.16. The van der Waals surface area contributed by atoms with Crippen LogP contribution in [0.2, 0.25) is 0 Å². The zero-order chi connectivity index (χ0) is 12.3. The fourth-order valence-electron chi connectivity index (χ4n) is 1.38. The zero-order valence-corrected chi connectivity index (χ0v) is 10.4. The van der Waals surface area contributed by atoms with Gasteiger partial charge in [-0.1, -0.05) is 12.2 Å². The summed E-state index contributed by atoms with van der Waals surface area (Å²) >= 11 is 4.76. The van der Waals surface area contributed by atoms with Crippen molar-refractivity contribution >= 4 is 23.1 Å². The lowest BCUT2D eigenvalue weighted by Gasteiger charge is -2.11. The highest BCUT2D eigenvalue weighted by Crippen LogP contribution is 2.09. The third-order valence-electron chi connectivity index (χ3n) is 1.99. The van der Waals surface area contributed by atoms with Crippen molar-refractivity contribution in [3.63, 3.8) is 0 Å². The maximum atomic E-state index is 11.7. The molecule has 1 rings (SSSR count). The molecule has 6 heteroatoms. The van der Waals surface area contributed by atoms with Crippen molar-refractivity contribution in [1.29, 1.82) is 0 Å². The number of carbonyl (C=O) groups is 1. The van der Waals surface area contributed by atoms with E-state index >= 15 is 0 Å². The summed E-state index contributed by atoms with van der Waals surface area (Å²) in [5, 5.41) is 2.74. The van der Waals surface area contributed by atoms with Crippen LogP contribution in [0.4, 0.5) is 0 Å². The highest BCUT2D eigenvalue weighted by Gasteiger charge is 2.17. The Labute approximate surface area is 99.4 Å². The second kappa shape index (κ2) is 5.07. The largest absolute Gasteiger partial charge is 0.436 e. The standard InChI is InChI=1S/C10H15N3O2S/c1-5(4-8(11)16)12-10(14)9-6(2)13-7(3)15-9/h5H,4H2,1-3H3,(H2,11,16)(H,12,14). The van der Waals surface area contributed by atoms with Crippen molar-refractivity contribution in [2.24, 2.45) is 5.73 Å². The van der Waals surface area contributed by atoms with Crippen LogP contribution in [0.1, 0.15) is 35.5 Å². The van der Waals surface area contributed by atoms with E-state index in [1.165, 1.54) is 0 Å². The number of aromatic nitrogens is 1. The third kappa shape index (κ3) is 3.30. The highest BCUT2D eigenvalue weighted by molar-refractivity contribution is 7.80. The molecular weight excluding hydrogens is 226 g/mol. The monoisotopic (exact) mass is 241 g/mol. The molecule has 0 aliphatic carbocycles. The Morgan fingerprint density at radius 2 is 2.25 bits per heavy atom. The van der Waals surface area contributed by atoms with E-state index in [1.54, 1.807) is 13.8 Å². The van der Waals surface area contributed by atoms with Gasteiger partial charge in [0.1, 0.15) is 0 Å². The van der Waals surface area contributed by atoms with E-state index in [0.29, 0.717) is 23.0 Å². The lowest BCUT2D eigenvalue weighted by molar-refractivity contribution is 0.0911. The van der Waals surface area contributed by atoms with Gasteiger partial charge in [-0.15, -0.1) is 0 Å². The quantitative estimate of drug-likeness (QED) is 0.771. The van der Waals surface area contributed by atoms with E-state index in [2.05, 4.69) is 10.3 Å². The molecule has 0 radical (unpaired) electrons.